The van der Waals surface area contributed by atoms with E-state index in [9.17, 15) is 9.59 Å². The molecule has 0 aromatic heterocycles. The second kappa shape index (κ2) is 10.3. The van der Waals surface area contributed by atoms with Gasteiger partial charge >= 0.3 is 0 Å². The van der Waals surface area contributed by atoms with Crippen molar-refractivity contribution in [3.63, 3.8) is 0 Å². The zero-order chi connectivity index (χ0) is 24.4. The highest BCUT2D eigenvalue weighted by molar-refractivity contribution is 9.10. The third-order valence-electron chi connectivity index (χ3n) is 5.35. The van der Waals surface area contributed by atoms with E-state index in [1.54, 1.807) is 41.3 Å². The topological polar surface area (TPSA) is 80.2 Å². The zero-order valence-electron chi connectivity index (χ0n) is 18.2. The van der Waals surface area contributed by atoms with Crippen molar-refractivity contribution in [1.29, 1.82) is 0 Å². The number of ether oxygens (including phenoxy) is 2. The van der Waals surface area contributed by atoms with Gasteiger partial charge in [0, 0.05) is 21.6 Å². The van der Waals surface area contributed by atoms with Crippen LogP contribution in [-0.2, 0) is 16.1 Å². The van der Waals surface area contributed by atoms with Crippen LogP contribution < -0.4 is 14.8 Å². The number of fused-ring (bicyclic) bond motifs is 1. The SMILES string of the molecule is O=C(Nc1ccc(Br)cc1)C1CC(=O)N(Cc2ccc3c(c2)OCO3)C(=Nc2cccc(Cl)c2)S1. The van der Waals surface area contributed by atoms with Crippen molar-refractivity contribution < 1.29 is 19.1 Å². The number of halogens is 2. The number of amides is 2. The minimum absolute atomic E-state index is 0.0478. The van der Waals surface area contributed by atoms with Crippen LogP contribution in [-0.4, -0.2) is 33.9 Å². The number of amidine groups is 1. The van der Waals surface area contributed by atoms with Crippen LogP contribution >= 0.6 is 39.3 Å². The van der Waals surface area contributed by atoms with Gasteiger partial charge in [-0.05, 0) is 60.2 Å². The van der Waals surface area contributed by atoms with Gasteiger partial charge in [0.25, 0.3) is 0 Å². The Morgan fingerprint density at radius 2 is 1.91 bits per heavy atom. The van der Waals surface area contributed by atoms with Crippen molar-refractivity contribution in [2.75, 3.05) is 12.1 Å². The van der Waals surface area contributed by atoms with Gasteiger partial charge in [0.2, 0.25) is 18.6 Å². The minimum atomic E-state index is -0.628. The van der Waals surface area contributed by atoms with Crippen molar-refractivity contribution in [3.05, 3.63) is 81.8 Å². The van der Waals surface area contributed by atoms with Crippen molar-refractivity contribution >= 4 is 67.6 Å². The summed E-state index contributed by atoms with van der Waals surface area (Å²) >= 11 is 10.8. The van der Waals surface area contributed by atoms with Crippen molar-refractivity contribution in [2.24, 2.45) is 4.99 Å². The summed E-state index contributed by atoms with van der Waals surface area (Å²) < 4.78 is 11.8. The van der Waals surface area contributed by atoms with E-state index in [4.69, 9.17) is 21.1 Å². The lowest BCUT2D eigenvalue weighted by atomic mass is 10.1. The second-order valence-corrected chi connectivity index (χ2v) is 10.4. The second-order valence-electron chi connectivity index (χ2n) is 7.85. The molecule has 2 aliphatic rings. The molecule has 3 aromatic rings. The maximum Gasteiger partial charge on any atom is 0.238 e. The van der Waals surface area contributed by atoms with E-state index in [0.717, 1.165) is 10.0 Å². The molecule has 2 heterocycles. The number of carbonyl (C=O) groups excluding carboxylic acids is 2. The van der Waals surface area contributed by atoms with E-state index in [1.807, 2.05) is 30.3 Å². The fourth-order valence-electron chi connectivity index (χ4n) is 3.63. The first-order valence-corrected chi connectivity index (χ1v) is 12.8. The van der Waals surface area contributed by atoms with E-state index in [0.29, 0.717) is 33.1 Å². The van der Waals surface area contributed by atoms with E-state index in [1.165, 1.54) is 11.8 Å². The summed E-state index contributed by atoms with van der Waals surface area (Å²) in [6.45, 7) is 0.455. The molecule has 1 atom stereocenters. The number of nitrogens with zero attached hydrogens (tertiary/aromatic N) is 2. The molecule has 0 spiro atoms. The summed E-state index contributed by atoms with van der Waals surface area (Å²) in [6.07, 6.45) is 0.0478. The molecule has 10 heteroatoms. The average Bonchev–Trinajstić information content (AvgIpc) is 3.30. The van der Waals surface area contributed by atoms with Crippen LogP contribution in [0.15, 0.2) is 76.2 Å². The zero-order valence-corrected chi connectivity index (χ0v) is 21.4. The molecule has 0 saturated carbocycles. The van der Waals surface area contributed by atoms with Gasteiger partial charge in [-0.1, -0.05) is 51.4 Å². The Bertz CT molecular complexity index is 1320. The Labute approximate surface area is 219 Å². The largest absolute Gasteiger partial charge is 0.454 e. The highest BCUT2D eigenvalue weighted by Gasteiger charge is 2.36. The quantitative estimate of drug-likeness (QED) is 0.406. The molecule has 0 aliphatic carbocycles. The van der Waals surface area contributed by atoms with Crippen LogP contribution in [0.5, 0.6) is 11.5 Å². The first-order chi connectivity index (χ1) is 16.9. The summed E-state index contributed by atoms with van der Waals surface area (Å²) in [5.41, 5.74) is 2.11. The van der Waals surface area contributed by atoms with Crippen LogP contribution in [0.25, 0.3) is 0 Å². The molecule has 1 N–H and O–H groups in total. The van der Waals surface area contributed by atoms with E-state index < -0.39 is 5.25 Å². The van der Waals surface area contributed by atoms with Gasteiger partial charge in [-0.2, -0.15) is 0 Å². The van der Waals surface area contributed by atoms with E-state index >= 15 is 0 Å². The van der Waals surface area contributed by atoms with Crippen molar-refractivity contribution in [3.8, 4) is 11.5 Å². The molecule has 1 fully saturated rings. The number of anilines is 1. The summed E-state index contributed by atoms with van der Waals surface area (Å²) in [7, 11) is 0. The Morgan fingerprint density at radius 3 is 2.71 bits per heavy atom. The fourth-order valence-corrected chi connectivity index (χ4v) is 5.18. The molecule has 2 aliphatic heterocycles. The maximum absolute atomic E-state index is 13.3. The summed E-state index contributed by atoms with van der Waals surface area (Å²) in [5.74, 6) is 0.857. The molecular weight excluding hydrogens is 554 g/mol. The molecule has 1 saturated heterocycles. The van der Waals surface area contributed by atoms with Crippen LogP contribution in [0.2, 0.25) is 5.02 Å². The number of hydrogen-bond donors (Lipinski definition) is 1. The van der Waals surface area contributed by atoms with Gasteiger partial charge in [-0.15, -0.1) is 0 Å². The molecular formula is C25H19BrClN3O4S. The third kappa shape index (κ3) is 5.63. The minimum Gasteiger partial charge on any atom is -0.454 e. The number of rotatable bonds is 5. The van der Waals surface area contributed by atoms with Gasteiger partial charge in [0.1, 0.15) is 5.25 Å². The predicted octanol–water partition coefficient (Wildman–Crippen LogP) is 5.99. The lowest BCUT2D eigenvalue weighted by molar-refractivity contribution is -0.129. The number of benzene rings is 3. The monoisotopic (exact) mass is 571 g/mol. The highest BCUT2D eigenvalue weighted by Crippen LogP contribution is 2.35. The molecule has 3 aromatic carbocycles. The van der Waals surface area contributed by atoms with Crippen molar-refractivity contribution in [2.45, 2.75) is 18.2 Å². The van der Waals surface area contributed by atoms with Crippen LogP contribution in [0.1, 0.15) is 12.0 Å². The van der Waals surface area contributed by atoms with Crippen LogP contribution in [0.3, 0.4) is 0 Å². The Hall–Kier alpha value is -3.01. The number of thioether (sulfide) groups is 1. The lowest BCUT2D eigenvalue weighted by Crippen LogP contribution is -2.44. The molecule has 0 bridgehead atoms. The lowest BCUT2D eigenvalue weighted by Gasteiger charge is -2.32. The summed E-state index contributed by atoms with van der Waals surface area (Å²) in [5, 5.41) is 3.22. The standard InChI is InChI=1S/C25H19BrClN3O4S/c26-16-5-7-18(8-6-16)28-24(32)22-12-23(31)30(13-15-4-9-20-21(10-15)34-14-33-20)25(35-22)29-19-3-1-2-17(27)11-19/h1-11,22H,12-14H2,(H,28,32). The Balaban J connectivity index is 1.41. The molecule has 5 rings (SSSR count). The van der Waals surface area contributed by atoms with Gasteiger partial charge in [-0.25, -0.2) is 4.99 Å². The Morgan fingerprint density at radius 1 is 1.11 bits per heavy atom. The van der Waals surface area contributed by atoms with Crippen molar-refractivity contribution in [1.82, 2.24) is 4.90 Å². The molecule has 178 valence electrons. The van der Waals surface area contributed by atoms with Gasteiger partial charge in [0.15, 0.2) is 16.7 Å². The van der Waals surface area contributed by atoms with Crippen LogP contribution in [0, 0.1) is 0 Å². The first-order valence-electron chi connectivity index (χ1n) is 10.7. The summed E-state index contributed by atoms with van der Waals surface area (Å²) in [4.78, 5) is 32.6. The number of nitrogens with one attached hydrogen (secondary N) is 1. The number of carbonyl (C=O) groups is 2. The van der Waals surface area contributed by atoms with E-state index in [2.05, 4.69) is 26.2 Å². The molecule has 0 radical (unpaired) electrons. The average molecular weight is 573 g/mol. The van der Waals surface area contributed by atoms with E-state index in [-0.39, 0.29) is 31.6 Å². The number of aliphatic imine (C=N–C) groups is 1. The molecule has 7 nitrogen and oxygen atoms in total. The highest BCUT2D eigenvalue weighted by atomic mass is 79.9. The van der Waals surface area contributed by atoms with Crippen LogP contribution in [0.4, 0.5) is 11.4 Å². The summed E-state index contributed by atoms with van der Waals surface area (Å²) in [6, 6.07) is 19.9. The normalized spacial score (nSPS) is 18.1. The maximum atomic E-state index is 13.3. The number of hydrogen-bond acceptors (Lipinski definition) is 6. The Kier molecular flexibility index (Phi) is 6.99. The molecule has 2 amide bonds. The van der Waals surface area contributed by atoms with Gasteiger partial charge in [0.05, 0.1) is 12.2 Å². The third-order valence-corrected chi connectivity index (χ3v) is 7.31. The van der Waals surface area contributed by atoms with Gasteiger partial charge in [-0.3, -0.25) is 14.5 Å². The molecule has 35 heavy (non-hydrogen) atoms. The molecule has 1 unspecified atom stereocenters. The smallest absolute Gasteiger partial charge is 0.238 e. The first kappa shape index (κ1) is 23.7. The van der Waals surface area contributed by atoms with Gasteiger partial charge < -0.3 is 14.8 Å². The predicted molar refractivity (Wildman–Crippen MR) is 140 cm³/mol. The fraction of sp³-hybridized carbons (Fsp3) is 0.160.